The van der Waals surface area contributed by atoms with Gasteiger partial charge in [0.25, 0.3) is 0 Å². The summed E-state index contributed by atoms with van der Waals surface area (Å²) in [7, 11) is 1.79. The average Bonchev–Trinajstić information content (AvgIpc) is 2.38. The number of hydrogen-bond donors (Lipinski definition) is 1. The molecule has 2 nitrogen and oxygen atoms in total. The fourth-order valence-electron chi connectivity index (χ4n) is 2.59. The molecule has 1 aliphatic rings. The van der Waals surface area contributed by atoms with Crippen molar-refractivity contribution in [2.75, 3.05) is 20.3 Å². The van der Waals surface area contributed by atoms with Crippen LogP contribution in [0.25, 0.3) is 0 Å². The van der Waals surface area contributed by atoms with Crippen LogP contribution < -0.4 is 5.32 Å². The third-order valence-electron chi connectivity index (χ3n) is 3.66. The molecule has 0 bridgehead atoms. The van der Waals surface area contributed by atoms with Gasteiger partial charge in [-0.25, -0.2) is 8.78 Å². The number of hydrogen-bond acceptors (Lipinski definition) is 2. The smallest absolute Gasteiger partial charge is 0.128 e. The SMILES string of the molecule is CNC(c1cc(F)c(C)cc1F)C1CCOCC1. The fraction of sp³-hybridized carbons (Fsp3) is 0.571. The molecule has 2 rings (SSSR count). The molecule has 1 unspecified atom stereocenters. The second-order valence-corrected chi connectivity index (χ2v) is 4.84. The predicted molar refractivity (Wildman–Crippen MR) is 66.4 cm³/mol. The van der Waals surface area contributed by atoms with Gasteiger partial charge < -0.3 is 10.1 Å². The number of ether oxygens (including phenoxy) is 1. The second-order valence-electron chi connectivity index (χ2n) is 4.84. The molecule has 0 spiro atoms. The van der Waals surface area contributed by atoms with E-state index in [1.54, 1.807) is 14.0 Å². The van der Waals surface area contributed by atoms with E-state index in [0.29, 0.717) is 30.3 Å². The first-order valence-corrected chi connectivity index (χ1v) is 6.34. The van der Waals surface area contributed by atoms with Gasteiger partial charge in [0.15, 0.2) is 0 Å². The quantitative estimate of drug-likeness (QED) is 0.896. The first kappa shape index (κ1) is 13.4. The molecule has 0 saturated carbocycles. The minimum Gasteiger partial charge on any atom is -0.381 e. The van der Waals surface area contributed by atoms with Gasteiger partial charge in [-0.2, -0.15) is 0 Å². The summed E-state index contributed by atoms with van der Waals surface area (Å²) in [5, 5.41) is 3.11. The van der Waals surface area contributed by atoms with Crippen molar-refractivity contribution in [3.8, 4) is 0 Å². The third kappa shape index (κ3) is 2.70. The van der Waals surface area contributed by atoms with Crippen LogP contribution in [0.15, 0.2) is 12.1 Å². The molecule has 1 aromatic carbocycles. The molecule has 0 aromatic heterocycles. The number of aryl methyl sites for hydroxylation is 1. The van der Waals surface area contributed by atoms with Crippen LogP contribution >= 0.6 is 0 Å². The number of benzene rings is 1. The Balaban J connectivity index is 2.28. The van der Waals surface area contributed by atoms with E-state index in [1.807, 2.05) is 0 Å². The lowest BCUT2D eigenvalue weighted by Crippen LogP contribution is -2.30. The second kappa shape index (κ2) is 5.76. The highest BCUT2D eigenvalue weighted by Gasteiger charge is 2.26. The maximum Gasteiger partial charge on any atom is 0.128 e. The molecule has 1 atom stereocenters. The maximum absolute atomic E-state index is 14.0. The van der Waals surface area contributed by atoms with Crippen molar-refractivity contribution < 1.29 is 13.5 Å². The van der Waals surface area contributed by atoms with Gasteiger partial charge >= 0.3 is 0 Å². The van der Waals surface area contributed by atoms with E-state index < -0.39 is 0 Å². The third-order valence-corrected chi connectivity index (χ3v) is 3.66. The van der Waals surface area contributed by atoms with Crippen molar-refractivity contribution in [3.05, 3.63) is 34.9 Å². The lowest BCUT2D eigenvalue weighted by molar-refractivity contribution is 0.0541. The van der Waals surface area contributed by atoms with Crippen LogP contribution in [0.1, 0.15) is 30.0 Å². The largest absolute Gasteiger partial charge is 0.381 e. The Morgan fingerprint density at radius 1 is 1.22 bits per heavy atom. The van der Waals surface area contributed by atoms with Gasteiger partial charge in [0.2, 0.25) is 0 Å². The highest BCUT2D eigenvalue weighted by atomic mass is 19.1. The van der Waals surface area contributed by atoms with Crippen LogP contribution in [0.3, 0.4) is 0 Å². The lowest BCUT2D eigenvalue weighted by Gasteiger charge is -2.30. The summed E-state index contributed by atoms with van der Waals surface area (Å²) < 4.78 is 32.9. The van der Waals surface area contributed by atoms with Crippen LogP contribution in [0.4, 0.5) is 8.78 Å². The minimum absolute atomic E-state index is 0.149. The Labute approximate surface area is 106 Å². The molecule has 4 heteroatoms. The predicted octanol–water partition coefficient (Wildman–Crippen LogP) is 2.96. The molecule has 1 saturated heterocycles. The molecule has 0 amide bonds. The Hall–Kier alpha value is -1.00. The molecule has 1 fully saturated rings. The molecule has 18 heavy (non-hydrogen) atoms. The molecular formula is C14H19F2NO. The van der Waals surface area contributed by atoms with Gasteiger partial charge in [-0.1, -0.05) is 0 Å². The van der Waals surface area contributed by atoms with Gasteiger partial charge in [-0.15, -0.1) is 0 Å². The molecule has 1 aliphatic heterocycles. The Kier molecular flexibility index (Phi) is 4.30. The van der Waals surface area contributed by atoms with Gasteiger partial charge in [0.05, 0.1) is 0 Å². The van der Waals surface area contributed by atoms with E-state index in [2.05, 4.69) is 5.32 Å². The van der Waals surface area contributed by atoms with Crippen LogP contribution in [0.5, 0.6) is 0 Å². The molecule has 0 radical (unpaired) electrons. The highest BCUT2D eigenvalue weighted by Crippen LogP contribution is 2.32. The zero-order valence-corrected chi connectivity index (χ0v) is 10.8. The topological polar surface area (TPSA) is 21.3 Å². The van der Waals surface area contributed by atoms with Crippen molar-refractivity contribution in [1.29, 1.82) is 0 Å². The van der Waals surface area contributed by atoms with Crippen molar-refractivity contribution in [1.82, 2.24) is 5.32 Å². The van der Waals surface area contributed by atoms with Crippen LogP contribution in [0.2, 0.25) is 0 Å². The molecule has 1 aromatic rings. The van der Waals surface area contributed by atoms with E-state index in [0.717, 1.165) is 12.8 Å². The van der Waals surface area contributed by atoms with Crippen LogP contribution in [-0.2, 0) is 4.74 Å². The first-order valence-electron chi connectivity index (χ1n) is 6.34. The summed E-state index contributed by atoms with van der Waals surface area (Å²) in [6.45, 7) is 2.96. The molecule has 1 N–H and O–H groups in total. The van der Waals surface area contributed by atoms with E-state index >= 15 is 0 Å². The summed E-state index contributed by atoms with van der Waals surface area (Å²) in [6.07, 6.45) is 1.75. The van der Waals surface area contributed by atoms with Crippen molar-refractivity contribution in [3.63, 3.8) is 0 Å². The summed E-state index contributed by atoms with van der Waals surface area (Å²) in [5.41, 5.74) is 0.769. The fourth-order valence-corrected chi connectivity index (χ4v) is 2.59. The maximum atomic E-state index is 14.0. The number of halogens is 2. The van der Waals surface area contributed by atoms with Gasteiger partial charge in [0, 0.05) is 24.8 Å². The van der Waals surface area contributed by atoms with E-state index in [9.17, 15) is 8.78 Å². The van der Waals surface area contributed by atoms with Crippen LogP contribution in [0, 0.1) is 24.5 Å². The highest BCUT2D eigenvalue weighted by molar-refractivity contribution is 5.28. The van der Waals surface area contributed by atoms with Crippen molar-refractivity contribution in [2.45, 2.75) is 25.8 Å². The van der Waals surface area contributed by atoms with Gasteiger partial charge in [-0.3, -0.25) is 0 Å². The van der Waals surface area contributed by atoms with E-state index in [4.69, 9.17) is 4.74 Å². The van der Waals surface area contributed by atoms with Gasteiger partial charge in [0.1, 0.15) is 11.6 Å². The van der Waals surface area contributed by atoms with Crippen molar-refractivity contribution >= 4 is 0 Å². The summed E-state index contributed by atoms with van der Waals surface area (Å²) >= 11 is 0. The molecule has 100 valence electrons. The molecular weight excluding hydrogens is 236 g/mol. The first-order chi connectivity index (χ1) is 8.63. The van der Waals surface area contributed by atoms with E-state index in [-0.39, 0.29) is 17.7 Å². The zero-order valence-electron chi connectivity index (χ0n) is 10.8. The zero-order chi connectivity index (χ0) is 13.1. The van der Waals surface area contributed by atoms with E-state index in [1.165, 1.54) is 12.1 Å². The minimum atomic E-state index is -0.348. The molecule has 1 heterocycles. The standard InChI is InChI=1S/C14H19F2NO/c1-9-7-13(16)11(8-12(9)15)14(17-2)10-3-5-18-6-4-10/h7-8,10,14,17H,3-6H2,1-2H3. The number of nitrogens with one attached hydrogen (secondary N) is 1. The van der Waals surface area contributed by atoms with Crippen molar-refractivity contribution in [2.24, 2.45) is 5.92 Å². The summed E-state index contributed by atoms with van der Waals surface area (Å²) in [6, 6.07) is 2.44. The lowest BCUT2D eigenvalue weighted by atomic mass is 9.86. The summed E-state index contributed by atoms with van der Waals surface area (Å²) in [5.74, 6) is -0.390. The number of rotatable bonds is 3. The van der Waals surface area contributed by atoms with Crippen LogP contribution in [-0.4, -0.2) is 20.3 Å². The Bertz CT molecular complexity index is 417. The normalized spacial score (nSPS) is 18.9. The Morgan fingerprint density at radius 2 is 1.89 bits per heavy atom. The molecule has 0 aliphatic carbocycles. The van der Waals surface area contributed by atoms with Gasteiger partial charge in [-0.05, 0) is 50.4 Å². The average molecular weight is 255 g/mol. The summed E-state index contributed by atoms with van der Waals surface area (Å²) in [4.78, 5) is 0. The monoisotopic (exact) mass is 255 g/mol. The Morgan fingerprint density at radius 3 is 2.50 bits per heavy atom.